The van der Waals surface area contributed by atoms with Gasteiger partial charge in [0.1, 0.15) is 34.6 Å². The molecule has 0 atom stereocenters. The molecular formula is C34H22F8N2O. The highest BCUT2D eigenvalue weighted by Crippen LogP contribution is 2.39. The van der Waals surface area contributed by atoms with Gasteiger partial charge in [0.25, 0.3) is 0 Å². The van der Waals surface area contributed by atoms with E-state index in [-0.39, 0.29) is 33.6 Å². The molecule has 0 bridgehead atoms. The van der Waals surface area contributed by atoms with Crippen LogP contribution >= 0.6 is 0 Å². The highest BCUT2D eigenvalue weighted by atomic mass is 19.3. The summed E-state index contributed by atoms with van der Waals surface area (Å²) in [5, 5.41) is 0. The number of hydrogen-bond acceptors (Lipinski definition) is 3. The molecule has 11 heteroatoms. The Balaban J connectivity index is 1.36. The van der Waals surface area contributed by atoms with Crippen molar-refractivity contribution in [1.29, 1.82) is 0 Å². The van der Waals surface area contributed by atoms with E-state index in [2.05, 4.69) is 14.7 Å². The Bertz CT molecular complexity index is 1870. The predicted molar refractivity (Wildman–Crippen MR) is 152 cm³/mol. The molecule has 0 saturated carbocycles. The Labute approximate surface area is 252 Å². The molecule has 0 saturated heterocycles. The standard InChI is InChI=1S/C34H22F8N2O/c1-2-3-4-5-19-17-43-33(44-18-19)21-6-9-25(27(36)13-21)22-14-30(39)32(31(40)15-22)34(41,42)45-23-8-10-24(28(37)16-23)20-7-11-26(35)29(38)12-20/h2-3,6-18H,4-5H2,1H3. The predicted octanol–water partition coefficient (Wildman–Crippen LogP) is 9.95. The fourth-order valence-electron chi connectivity index (χ4n) is 4.60. The van der Waals surface area contributed by atoms with Gasteiger partial charge in [0, 0.05) is 35.2 Å². The van der Waals surface area contributed by atoms with Crippen molar-refractivity contribution in [3.05, 3.63) is 137 Å². The molecule has 0 N–H and O–H groups in total. The van der Waals surface area contributed by atoms with E-state index in [0.717, 1.165) is 48.7 Å². The largest absolute Gasteiger partial charge is 0.432 e. The summed E-state index contributed by atoms with van der Waals surface area (Å²) in [7, 11) is 0. The number of benzene rings is 4. The first-order chi connectivity index (χ1) is 21.5. The quantitative estimate of drug-likeness (QED) is 0.121. The van der Waals surface area contributed by atoms with Gasteiger partial charge in [0.2, 0.25) is 0 Å². The van der Waals surface area contributed by atoms with Crippen molar-refractivity contribution in [2.75, 3.05) is 0 Å². The molecule has 0 radical (unpaired) electrons. The summed E-state index contributed by atoms with van der Waals surface area (Å²) >= 11 is 0. The van der Waals surface area contributed by atoms with Crippen LogP contribution in [0.3, 0.4) is 0 Å². The second-order valence-electron chi connectivity index (χ2n) is 9.92. The Morgan fingerprint density at radius 2 is 1.22 bits per heavy atom. The molecule has 0 spiro atoms. The van der Waals surface area contributed by atoms with Crippen LogP contribution < -0.4 is 4.74 Å². The zero-order valence-corrected chi connectivity index (χ0v) is 23.4. The van der Waals surface area contributed by atoms with Crippen molar-refractivity contribution in [2.24, 2.45) is 0 Å². The van der Waals surface area contributed by atoms with Gasteiger partial charge in [-0.25, -0.2) is 36.3 Å². The van der Waals surface area contributed by atoms with Crippen LogP contribution in [0.5, 0.6) is 5.75 Å². The molecule has 5 rings (SSSR count). The first-order valence-electron chi connectivity index (χ1n) is 13.5. The number of hydrogen-bond donors (Lipinski definition) is 0. The minimum Gasteiger partial charge on any atom is -0.429 e. The van der Waals surface area contributed by atoms with Crippen LogP contribution in [-0.2, 0) is 12.5 Å². The smallest absolute Gasteiger partial charge is 0.429 e. The summed E-state index contributed by atoms with van der Waals surface area (Å²) in [5.74, 6) is -8.53. The van der Waals surface area contributed by atoms with E-state index in [1.54, 1.807) is 12.4 Å². The van der Waals surface area contributed by atoms with Crippen molar-refractivity contribution in [3.63, 3.8) is 0 Å². The highest BCUT2D eigenvalue weighted by molar-refractivity contribution is 5.69. The van der Waals surface area contributed by atoms with Gasteiger partial charge in [0.05, 0.1) is 0 Å². The summed E-state index contributed by atoms with van der Waals surface area (Å²) in [6.45, 7) is 1.91. The summed E-state index contributed by atoms with van der Waals surface area (Å²) in [5.41, 5.74) is -1.60. The van der Waals surface area contributed by atoms with E-state index in [9.17, 15) is 30.7 Å². The molecule has 0 fully saturated rings. The average molecular weight is 627 g/mol. The third kappa shape index (κ3) is 6.87. The third-order valence-electron chi connectivity index (χ3n) is 6.83. The van der Waals surface area contributed by atoms with Gasteiger partial charge in [-0.1, -0.05) is 30.4 Å². The van der Waals surface area contributed by atoms with Gasteiger partial charge in [-0.2, -0.15) is 8.78 Å². The molecule has 0 aliphatic heterocycles. The number of alkyl halides is 2. The van der Waals surface area contributed by atoms with E-state index < -0.39 is 52.3 Å². The van der Waals surface area contributed by atoms with Gasteiger partial charge in [-0.05, 0) is 78.9 Å². The van der Waals surface area contributed by atoms with E-state index in [1.807, 2.05) is 19.1 Å². The first kappa shape index (κ1) is 31.4. The van der Waals surface area contributed by atoms with E-state index in [1.165, 1.54) is 12.1 Å². The van der Waals surface area contributed by atoms with Gasteiger partial charge in [0.15, 0.2) is 17.5 Å². The van der Waals surface area contributed by atoms with Crippen molar-refractivity contribution in [3.8, 4) is 39.4 Å². The summed E-state index contributed by atoms with van der Waals surface area (Å²) in [4.78, 5) is 8.47. The van der Waals surface area contributed by atoms with Crippen molar-refractivity contribution < 1.29 is 39.9 Å². The maximum absolute atomic E-state index is 15.1. The lowest BCUT2D eigenvalue weighted by atomic mass is 10.00. The second-order valence-corrected chi connectivity index (χ2v) is 9.92. The van der Waals surface area contributed by atoms with Gasteiger partial charge in [-0.15, -0.1) is 0 Å². The number of ether oxygens (including phenoxy) is 1. The topological polar surface area (TPSA) is 35.0 Å². The molecule has 3 nitrogen and oxygen atoms in total. The lowest BCUT2D eigenvalue weighted by Gasteiger charge is -2.20. The number of allylic oxidation sites excluding steroid dienone is 2. The monoisotopic (exact) mass is 626 g/mol. The molecule has 1 aromatic heterocycles. The molecule has 230 valence electrons. The Morgan fingerprint density at radius 3 is 1.84 bits per heavy atom. The van der Waals surface area contributed by atoms with Crippen LogP contribution in [0, 0.1) is 34.9 Å². The summed E-state index contributed by atoms with van der Waals surface area (Å²) in [6, 6.07) is 9.64. The Hall–Kier alpha value is -5.06. The van der Waals surface area contributed by atoms with Crippen molar-refractivity contribution in [2.45, 2.75) is 25.9 Å². The fourth-order valence-corrected chi connectivity index (χ4v) is 4.60. The lowest BCUT2D eigenvalue weighted by Crippen LogP contribution is -2.25. The third-order valence-corrected chi connectivity index (χ3v) is 6.83. The maximum Gasteiger partial charge on any atom is 0.432 e. The van der Waals surface area contributed by atoms with Crippen LogP contribution in [0.25, 0.3) is 33.6 Å². The first-order valence-corrected chi connectivity index (χ1v) is 13.5. The molecule has 45 heavy (non-hydrogen) atoms. The van der Waals surface area contributed by atoms with Crippen LogP contribution in [-0.4, -0.2) is 9.97 Å². The number of aromatic nitrogens is 2. The molecule has 5 aromatic rings. The molecule has 0 unspecified atom stereocenters. The number of aryl methyl sites for hydroxylation is 1. The maximum atomic E-state index is 15.1. The van der Waals surface area contributed by atoms with E-state index in [4.69, 9.17) is 0 Å². The second kappa shape index (κ2) is 12.9. The summed E-state index contributed by atoms with van der Waals surface area (Å²) in [6.07, 6.45) is 4.05. The molecular weight excluding hydrogens is 604 g/mol. The number of halogens is 8. The van der Waals surface area contributed by atoms with Gasteiger partial charge in [-0.3, -0.25) is 0 Å². The van der Waals surface area contributed by atoms with Crippen molar-refractivity contribution in [1.82, 2.24) is 9.97 Å². The fraction of sp³-hybridized carbons (Fsp3) is 0.118. The normalized spacial score (nSPS) is 11.8. The van der Waals surface area contributed by atoms with Crippen LogP contribution in [0.2, 0.25) is 0 Å². The van der Waals surface area contributed by atoms with Crippen LogP contribution in [0.1, 0.15) is 24.5 Å². The van der Waals surface area contributed by atoms with E-state index in [0.29, 0.717) is 24.3 Å². The Kier molecular flexibility index (Phi) is 8.99. The van der Waals surface area contributed by atoms with E-state index >= 15 is 4.39 Å². The minimum atomic E-state index is -4.62. The highest BCUT2D eigenvalue weighted by Gasteiger charge is 2.41. The Morgan fingerprint density at radius 1 is 0.644 bits per heavy atom. The lowest BCUT2D eigenvalue weighted by molar-refractivity contribution is -0.189. The SMILES string of the molecule is CC=CCCc1cnc(-c2ccc(-c3cc(F)c(C(F)(F)Oc4ccc(-c5ccc(F)c(F)c5)c(F)c4)c(F)c3)c(F)c2)nc1. The van der Waals surface area contributed by atoms with Crippen LogP contribution in [0.15, 0.2) is 91.3 Å². The van der Waals surface area contributed by atoms with Crippen LogP contribution in [0.4, 0.5) is 35.1 Å². The molecule has 4 aromatic carbocycles. The number of nitrogens with zero attached hydrogens (tertiary/aromatic N) is 2. The molecule has 0 aliphatic carbocycles. The van der Waals surface area contributed by atoms with Gasteiger partial charge < -0.3 is 4.74 Å². The molecule has 0 aliphatic rings. The average Bonchev–Trinajstić information content (AvgIpc) is 2.98. The zero-order valence-electron chi connectivity index (χ0n) is 23.4. The molecule has 1 heterocycles. The summed E-state index contributed by atoms with van der Waals surface area (Å²) < 4.78 is 121. The minimum absolute atomic E-state index is 0.0845. The van der Waals surface area contributed by atoms with Gasteiger partial charge >= 0.3 is 6.11 Å². The zero-order chi connectivity index (χ0) is 32.3. The molecule has 0 amide bonds. The number of rotatable bonds is 9. The van der Waals surface area contributed by atoms with Crippen molar-refractivity contribution >= 4 is 0 Å².